The number of nitrogens with zero attached hydrogens (tertiary/aromatic N) is 4. The van der Waals surface area contributed by atoms with Crippen molar-refractivity contribution in [3.8, 4) is 22.9 Å². The largest absolute Gasteiger partial charge is 0.497 e. The summed E-state index contributed by atoms with van der Waals surface area (Å²) < 4.78 is 10.5. The molecular formula is C27H25N5O3S. The van der Waals surface area contributed by atoms with Gasteiger partial charge >= 0.3 is 0 Å². The highest BCUT2D eigenvalue weighted by atomic mass is 32.2. The van der Waals surface area contributed by atoms with E-state index in [2.05, 4.69) is 15.2 Å². The molecule has 9 heteroatoms. The predicted octanol–water partition coefficient (Wildman–Crippen LogP) is 4.96. The molecule has 0 saturated carbocycles. The molecule has 3 aromatic carbocycles. The van der Waals surface area contributed by atoms with E-state index in [1.54, 1.807) is 19.2 Å². The summed E-state index contributed by atoms with van der Waals surface area (Å²) >= 11 is 1.28. The van der Waals surface area contributed by atoms with Crippen LogP contribution in [0.2, 0.25) is 0 Å². The fraction of sp³-hybridized carbons (Fsp3) is 0.185. The maximum atomic E-state index is 13.3. The van der Waals surface area contributed by atoms with Crippen molar-refractivity contribution in [3.05, 3.63) is 90.0 Å². The number of carbonyl (C=O) groups is 1. The number of H-pyrrole nitrogens is 1. The zero-order valence-electron chi connectivity index (χ0n) is 19.9. The van der Waals surface area contributed by atoms with E-state index in [9.17, 15) is 4.79 Å². The van der Waals surface area contributed by atoms with Crippen LogP contribution < -0.4 is 9.47 Å². The fourth-order valence-corrected chi connectivity index (χ4v) is 4.66. The quantitative estimate of drug-likeness (QED) is 0.345. The second-order valence-corrected chi connectivity index (χ2v) is 9.07. The standard InChI is InChI=1S/C27H25N5O3S/c1-34-21-12-8-19(9-13-21)24-16-23(18-6-4-3-5-7-18)31-32(24)25(33)17-36-27-28-26(29-30-27)20-10-14-22(35-2)15-11-20/h3-15,24H,16-17H2,1-2H3,(H,28,29,30)/t24-/m0/s1. The fourth-order valence-electron chi connectivity index (χ4n) is 4.01. The molecule has 0 spiro atoms. The number of benzene rings is 3. The van der Waals surface area contributed by atoms with Crippen molar-refractivity contribution in [1.82, 2.24) is 20.2 Å². The Hall–Kier alpha value is -4.11. The first-order valence-corrected chi connectivity index (χ1v) is 12.4. The summed E-state index contributed by atoms with van der Waals surface area (Å²) in [6, 6.07) is 25.1. The van der Waals surface area contributed by atoms with Crippen LogP contribution in [0.1, 0.15) is 23.6 Å². The lowest BCUT2D eigenvalue weighted by atomic mass is 9.98. The molecule has 1 aromatic heterocycles. The first-order chi connectivity index (χ1) is 17.6. The molecule has 0 unspecified atom stereocenters. The average molecular weight is 500 g/mol. The highest BCUT2D eigenvalue weighted by molar-refractivity contribution is 7.99. The number of ether oxygens (including phenoxy) is 2. The molecule has 0 aliphatic carbocycles. The summed E-state index contributed by atoms with van der Waals surface area (Å²) in [7, 11) is 3.26. The number of hydrogen-bond acceptors (Lipinski definition) is 7. The molecule has 1 aliphatic rings. The zero-order chi connectivity index (χ0) is 24.9. The van der Waals surface area contributed by atoms with Crippen LogP contribution in [0.3, 0.4) is 0 Å². The minimum absolute atomic E-state index is 0.109. The minimum Gasteiger partial charge on any atom is -0.497 e. The molecule has 0 saturated heterocycles. The summed E-state index contributed by atoms with van der Waals surface area (Å²) in [5.41, 5.74) is 3.78. The van der Waals surface area contributed by atoms with Gasteiger partial charge in [0.25, 0.3) is 5.91 Å². The van der Waals surface area contributed by atoms with E-state index in [0.29, 0.717) is 17.4 Å². The van der Waals surface area contributed by atoms with Gasteiger partial charge in [-0.05, 0) is 47.5 Å². The van der Waals surface area contributed by atoms with E-state index in [0.717, 1.165) is 33.9 Å². The van der Waals surface area contributed by atoms with Crippen LogP contribution in [0.5, 0.6) is 11.5 Å². The van der Waals surface area contributed by atoms with Gasteiger partial charge in [-0.3, -0.25) is 9.89 Å². The number of carbonyl (C=O) groups excluding carboxylic acids is 1. The highest BCUT2D eigenvalue weighted by Gasteiger charge is 2.33. The van der Waals surface area contributed by atoms with Crippen molar-refractivity contribution in [2.45, 2.75) is 17.6 Å². The number of thioether (sulfide) groups is 1. The Bertz CT molecular complexity index is 1350. The van der Waals surface area contributed by atoms with Crippen LogP contribution in [0.4, 0.5) is 0 Å². The Morgan fingerprint density at radius 3 is 2.28 bits per heavy atom. The number of aromatic nitrogens is 3. The van der Waals surface area contributed by atoms with Gasteiger partial charge < -0.3 is 9.47 Å². The van der Waals surface area contributed by atoms with E-state index in [4.69, 9.17) is 14.6 Å². The van der Waals surface area contributed by atoms with Crippen LogP contribution in [0.15, 0.2) is 89.1 Å². The predicted molar refractivity (Wildman–Crippen MR) is 139 cm³/mol. The summed E-state index contributed by atoms with van der Waals surface area (Å²) in [5, 5.41) is 14.0. The smallest absolute Gasteiger partial charge is 0.253 e. The zero-order valence-corrected chi connectivity index (χ0v) is 20.7. The third-order valence-corrected chi connectivity index (χ3v) is 6.76. The molecule has 1 aliphatic heterocycles. The monoisotopic (exact) mass is 499 g/mol. The van der Waals surface area contributed by atoms with Crippen molar-refractivity contribution in [2.24, 2.45) is 5.10 Å². The minimum atomic E-state index is -0.193. The molecule has 5 rings (SSSR count). The summed E-state index contributed by atoms with van der Waals surface area (Å²) in [5.74, 6) is 2.23. The number of rotatable bonds is 8. The third-order valence-electron chi connectivity index (χ3n) is 5.93. The van der Waals surface area contributed by atoms with Crippen molar-refractivity contribution in [2.75, 3.05) is 20.0 Å². The van der Waals surface area contributed by atoms with Crippen molar-refractivity contribution in [3.63, 3.8) is 0 Å². The Labute approximate surface area is 213 Å². The molecule has 1 atom stereocenters. The van der Waals surface area contributed by atoms with Crippen LogP contribution in [-0.4, -0.2) is 51.8 Å². The molecule has 36 heavy (non-hydrogen) atoms. The van der Waals surface area contributed by atoms with E-state index in [1.165, 1.54) is 11.8 Å². The molecule has 0 bridgehead atoms. The van der Waals surface area contributed by atoms with Crippen LogP contribution in [-0.2, 0) is 4.79 Å². The highest BCUT2D eigenvalue weighted by Crippen LogP contribution is 2.34. The van der Waals surface area contributed by atoms with Gasteiger partial charge in [-0.1, -0.05) is 54.2 Å². The van der Waals surface area contributed by atoms with E-state index in [-0.39, 0.29) is 17.7 Å². The first kappa shape index (κ1) is 23.6. The average Bonchev–Trinajstić information content (AvgIpc) is 3.60. The molecule has 1 amide bonds. The Morgan fingerprint density at radius 1 is 0.944 bits per heavy atom. The Balaban J connectivity index is 1.32. The van der Waals surface area contributed by atoms with Crippen LogP contribution in [0.25, 0.3) is 11.4 Å². The molecule has 0 radical (unpaired) electrons. The van der Waals surface area contributed by atoms with Gasteiger partial charge in [-0.25, -0.2) is 9.99 Å². The van der Waals surface area contributed by atoms with E-state index >= 15 is 0 Å². The van der Waals surface area contributed by atoms with Gasteiger partial charge in [0, 0.05) is 12.0 Å². The molecular weight excluding hydrogens is 474 g/mol. The second-order valence-electron chi connectivity index (χ2n) is 8.13. The van der Waals surface area contributed by atoms with Crippen molar-refractivity contribution < 1.29 is 14.3 Å². The molecule has 8 nitrogen and oxygen atoms in total. The molecule has 1 N–H and O–H groups in total. The lowest BCUT2D eigenvalue weighted by Crippen LogP contribution is -2.28. The third kappa shape index (κ3) is 5.11. The summed E-state index contributed by atoms with van der Waals surface area (Å²) in [6.45, 7) is 0. The molecule has 182 valence electrons. The van der Waals surface area contributed by atoms with Gasteiger partial charge in [0.1, 0.15) is 11.5 Å². The maximum Gasteiger partial charge on any atom is 0.253 e. The van der Waals surface area contributed by atoms with Gasteiger partial charge in [0.15, 0.2) is 5.82 Å². The lowest BCUT2D eigenvalue weighted by Gasteiger charge is -2.22. The Morgan fingerprint density at radius 2 is 1.61 bits per heavy atom. The van der Waals surface area contributed by atoms with Crippen LogP contribution in [0, 0.1) is 0 Å². The van der Waals surface area contributed by atoms with Gasteiger partial charge in [0.05, 0.1) is 31.7 Å². The van der Waals surface area contributed by atoms with E-state index < -0.39 is 0 Å². The van der Waals surface area contributed by atoms with Crippen molar-refractivity contribution >= 4 is 23.4 Å². The van der Waals surface area contributed by atoms with Gasteiger partial charge in [0.2, 0.25) is 5.16 Å². The SMILES string of the molecule is COc1ccc(-c2nc(SCC(=O)N3N=C(c4ccccc4)C[C@H]3c3ccc(OC)cc3)n[nH]2)cc1. The van der Waals surface area contributed by atoms with E-state index in [1.807, 2.05) is 78.9 Å². The maximum absolute atomic E-state index is 13.3. The topological polar surface area (TPSA) is 92.7 Å². The molecule has 2 heterocycles. The lowest BCUT2D eigenvalue weighted by molar-refractivity contribution is -0.130. The number of methoxy groups -OCH3 is 2. The number of amides is 1. The number of nitrogens with one attached hydrogen (secondary N) is 1. The molecule has 0 fully saturated rings. The normalized spacial score (nSPS) is 15.0. The van der Waals surface area contributed by atoms with Crippen molar-refractivity contribution in [1.29, 1.82) is 0 Å². The Kier molecular flexibility index (Phi) is 6.99. The number of hydrogen-bond donors (Lipinski definition) is 1. The first-order valence-electron chi connectivity index (χ1n) is 11.4. The summed E-state index contributed by atoms with van der Waals surface area (Å²) in [6.07, 6.45) is 0.634. The number of aromatic amines is 1. The van der Waals surface area contributed by atoms with Gasteiger partial charge in [-0.2, -0.15) is 5.10 Å². The molecule has 4 aromatic rings. The number of hydrazone groups is 1. The van der Waals surface area contributed by atoms with Gasteiger partial charge in [-0.15, -0.1) is 5.10 Å². The second kappa shape index (κ2) is 10.7. The van der Waals surface area contributed by atoms with Crippen LogP contribution >= 0.6 is 11.8 Å². The summed E-state index contributed by atoms with van der Waals surface area (Å²) in [4.78, 5) is 17.9.